The number of carbonyl (C=O) groups is 1. The molecule has 0 bridgehead atoms. The number of rotatable bonds is 7. The van der Waals surface area contributed by atoms with Crippen molar-refractivity contribution in [2.24, 2.45) is 5.41 Å². The lowest BCUT2D eigenvalue weighted by atomic mass is 9.86. The zero-order valence-electron chi connectivity index (χ0n) is 15.9. The first-order valence-electron chi connectivity index (χ1n) is 8.88. The van der Waals surface area contributed by atoms with Crippen LogP contribution in [-0.4, -0.2) is 77.6 Å². The molecule has 1 unspecified atom stereocenters. The quantitative estimate of drug-likeness (QED) is 0.680. The Kier molecular flexibility index (Phi) is 5.64. The van der Waals surface area contributed by atoms with Gasteiger partial charge < -0.3 is 19.1 Å². The minimum Gasteiger partial charge on any atom is -0.493 e. The van der Waals surface area contributed by atoms with Crippen LogP contribution in [0.3, 0.4) is 0 Å². The molecule has 0 aliphatic carbocycles. The van der Waals surface area contributed by atoms with Crippen LogP contribution in [0.2, 0.25) is 0 Å². The normalized spacial score (nSPS) is 23.4. The molecule has 0 N–H and O–H groups in total. The van der Waals surface area contributed by atoms with E-state index in [1.54, 1.807) is 18.1 Å². The Morgan fingerprint density at radius 3 is 2.44 bits per heavy atom. The predicted molar refractivity (Wildman–Crippen MR) is 98.4 cm³/mol. The van der Waals surface area contributed by atoms with Gasteiger partial charge in [-0.25, -0.2) is 8.42 Å². The van der Waals surface area contributed by atoms with Crippen LogP contribution in [0.15, 0.2) is 23.1 Å². The van der Waals surface area contributed by atoms with Gasteiger partial charge in [-0.15, -0.1) is 0 Å². The van der Waals surface area contributed by atoms with E-state index in [2.05, 4.69) is 0 Å². The number of carbonyl (C=O) groups excluding carboxylic acids is 1. The van der Waals surface area contributed by atoms with Gasteiger partial charge in [-0.1, -0.05) is 0 Å². The van der Waals surface area contributed by atoms with E-state index in [1.807, 2.05) is 0 Å². The van der Waals surface area contributed by atoms with E-state index in [0.717, 1.165) is 0 Å². The molecule has 8 nitrogen and oxygen atoms in total. The van der Waals surface area contributed by atoms with E-state index < -0.39 is 15.4 Å². The summed E-state index contributed by atoms with van der Waals surface area (Å²) in [6.07, 6.45) is 1.22. The van der Waals surface area contributed by atoms with Crippen molar-refractivity contribution in [2.45, 2.75) is 17.7 Å². The first kappa shape index (κ1) is 19.9. The molecule has 3 rings (SSSR count). The van der Waals surface area contributed by atoms with Crippen LogP contribution in [0.4, 0.5) is 0 Å². The Hall–Kier alpha value is -1.84. The summed E-state index contributed by atoms with van der Waals surface area (Å²) in [7, 11) is 0.846. The SMILES string of the molecule is COCCN1CCC2(CCN(S(=O)(=O)c3ccc(OC)c(OC)c3)C2)C1=O. The van der Waals surface area contributed by atoms with Crippen molar-refractivity contribution >= 4 is 15.9 Å². The maximum absolute atomic E-state index is 13.1. The standard InChI is InChI=1S/C18H26N2O6S/c1-24-11-10-19-8-6-18(17(19)21)7-9-20(13-18)27(22,23)14-4-5-15(25-2)16(12-14)26-3/h4-5,12H,6-11,13H2,1-3H3. The zero-order chi connectivity index (χ0) is 19.7. The fraction of sp³-hybridized carbons (Fsp3) is 0.611. The fourth-order valence-electron chi connectivity index (χ4n) is 3.85. The Labute approximate surface area is 160 Å². The lowest BCUT2D eigenvalue weighted by molar-refractivity contribution is -0.135. The molecule has 2 aliphatic rings. The molecule has 2 aliphatic heterocycles. The van der Waals surface area contributed by atoms with Gasteiger partial charge in [0.15, 0.2) is 11.5 Å². The van der Waals surface area contributed by atoms with Crippen LogP contribution in [0, 0.1) is 5.41 Å². The highest BCUT2D eigenvalue weighted by Gasteiger charge is 2.52. The summed E-state index contributed by atoms with van der Waals surface area (Å²) in [5.74, 6) is 0.855. The van der Waals surface area contributed by atoms with E-state index in [0.29, 0.717) is 50.6 Å². The summed E-state index contributed by atoms with van der Waals surface area (Å²) in [6, 6.07) is 4.54. The van der Waals surface area contributed by atoms with Gasteiger partial charge in [-0.05, 0) is 25.0 Å². The van der Waals surface area contributed by atoms with Crippen molar-refractivity contribution in [1.29, 1.82) is 0 Å². The maximum Gasteiger partial charge on any atom is 0.243 e. The summed E-state index contributed by atoms with van der Waals surface area (Å²) < 4.78 is 43.0. The van der Waals surface area contributed by atoms with Crippen LogP contribution in [0.5, 0.6) is 11.5 Å². The molecule has 9 heteroatoms. The third-order valence-corrected chi connectivity index (χ3v) is 7.32. The number of methoxy groups -OCH3 is 3. The molecule has 1 amide bonds. The molecule has 150 valence electrons. The Morgan fingerprint density at radius 1 is 1.07 bits per heavy atom. The highest BCUT2D eigenvalue weighted by molar-refractivity contribution is 7.89. The van der Waals surface area contributed by atoms with Gasteiger partial charge in [0.2, 0.25) is 15.9 Å². The molecule has 2 fully saturated rings. The van der Waals surface area contributed by atoms with Crippen molar-refractivity contribution in [3.63, 3.8) is 0 Å². The summed E-state index contributed by atoms with van der Waals surface area (Å²) >= 11 is 0. The van der Waals surface area contributed by atoms with Crippen molar-refractivity contribution < 1.29 is 27.4 Å². The van der Waals surface area contributed by atoms with Gasteiger partial charge in [0.25, 0.3) is 0 Å². The van der Waals surface area contributed by atoms with Gasteiger partial charge in [0.05, 0.1) is 31.1 Å². The largest absolute Gasteiger partial charge is 0.493 e. The zero-order valence-corrected chi connectivity index (χ0v) is 16.8. The first-order chi connectivity index (χ1) is 12.9. The second kappa shape index (κ2) is 7.65. The number of benzene rings is 1. The molecular weight excluding hydrogens is 372 g/mol. The minimum absolute atomic E-state index is 0.0320. The summed E-state index contributed by atoms with van der Waals surface area (Å²) in [4.78, 5) is 14.8. The lowest BCUT2D eigenvalue weighted by Crippen LogP contribution is -2.39. The number of amides is 1. The van der Waals surface area contributed by atoms with Crippen molar-refractivity contribution in [1.82, 2.24) is 9.21 Å². The highest BCUT2D eigenvalue weighted by Crippen LogP contribution is 2.42. The molecule has 1 aromatic carbocycles. The molecule has 1 atom stereocenters. The molecule has 27 heavy (non-hydrogen) atoms. The molecule has 0 aromatic heterocycles. The number of hydrogen-bond donors (Lipinski definition) is 0. The van der Waals surface area contributed by atoms with E-state index >= 15 is 0 Å². The smallest absolute Gasteiger partial charge is 0.243 e. The monoisotopic (exact) mass is 398 g/mol. The third kappa shape index (κ3) is 3.51. The topological polar surface area (TPSA) is 85.4 Å². The maximum atomic E-state index is 13.1. The molecule has 1 aromatic rings. The van der Waals surface area contributed by atoms with Crippen LogP contribution >= 0.6 is 0 Å². The van der Waals surface area contributed by atoms with Crippen molar-refractivity contribution in [3.8, 4) is 11.5 Å². The van der Waals surface area contributed by atoms with Crippen LogP contribution in [0.1, 0.15) is 12.8 Å². The van der Waals surface area contributed by atoms with Gasteiger partial charge in [0.1, 0.15) is 0 Å². The van der Waals surface area contributed by atoms with Gasteiger partial charge in [-0.3, -0.25) is 4.79 Å². The Morgan fingerprint density at radius 2 is 1.78 bits per heavy atom. The molecular formula is C18H26N2O6S. The molecule has 2 saturated heterocycles. The number of ether oxygens (including phenoxy) is 3. The average molecular weight is 398 g/mol. The lowest BCUT2D eigenvalue weighted by Gasteiger charge is -2.23. The summed E-state index contributed by atoms with van der Waals surface area (Å²) in [6.45, 7) is 2.22. The molecule has 1 spiro atoms. The molecule has 0 radical (unpaired) electrons. The average Bonchev–Trinajstić information content (AvgIpc) is 3.25. The Balaban J connectivity index is 1.79. The van der Waals surface area contributed by atoms with Gasteiger partial charge in [-0.2, -0.15) is 4.31 Å². The van der Waals surface area contributed by atoms with Crippen LogP contribution < -0.4 is 9.47 Å². The van der Waals surface area contributed by atoms with Gasteiger partial charge in [0, 0.05) is 39.4 Å². The third-order valence-electron chi connectivity index (χ3n) is 5.48. The van der Waals surface area contributed by atoms with E-state index in [1.165, 1.54) is 30.7 Å². The van der Waals surface area contributed by atoms with E-state index in [-0.39, 0.29) is 17.3 Å². The predicted octanol–water partition coefficient (Wildman–Crippen LogP) is 0.963. The molecule has 0 saturated carbocycles. The number of likely N-dealkylation sites (tertiary alicyclic amines) is 1. The minimum atomic E-state index is -3.72. The van der Waals surface area contributed by atoms with Crippen LogP contribution in [0.25, 0.3) is 0 Å². The summed E-state index contributed by atoms with van der Waals surface area (Å²) in [5.41, 5.74) is -0.614. The van der Waals surface area contributed by atoms with Crippen molar-refractivity contribution in [3.05, 3.63) is 18.2 Å². The number of nitrogens with zero attached hydrogens (tertiary/aromatic N) is 2. The molecule has 2 heterocycles. The van der Waals surface area contributed by atoms with E-state index in [4.69, 9.17) is 14.2 Å². The summed E-state index contributed by atoms with van der Waals surface area (Å²) in [5, 5.41) is 0. The number of sulfonamides is 1. The highest BCUT2D eigenvalue weighted by atomic mass is 32.2. The van der Waals surface area contributed by atoms with E-state index in [9.17, 15) is 13.2 Å². The van der Waals surface area contributed by atoms with Crippen LogP contribution in [-0.2, 0) is 19.6 Å². The number of hydrogen-bond acceptors (Lipinski definition) is 6. The Bertz CT molecular complexity index is 812. The van der Waals surface area contributed by atoms with Crippen molar-refractivity contribution in [2.75, 3.05) is 54.1 Å². The fourth-order valence-corrected chi connectivity index (χ4v) is 5.39. The second-order valence-electron chi connectivity index (χ2n) is 6.92. The van der Waals surface area contributed by atoms with Gasteiger partial charge >= 0.3 is 0 Å². The second-order valence-corrected chi connectivity index (χ2v) is 8.86. The first-order valence-corrected chi connectivity index (χ1v) is 10.3.